The van der Waals surface area contributed by atoms with Crippen molar-refractivity contribution in [1.82, 2.24) is 14.8 Å². The third-order valence-corrected chi connectivity index (χ3v) is 2.76. The first-order valence-electron chi connectivity index (χ1n) is 5.92. The highest BCUT2D eigenvalue weighted by molar-refractivity contribution is 5.95. The van der Waals surface area contributed by atoms with Gasteiger partial charge >= 0.3 is 5.97 Å². The lowest BCUT2D eigenvalue weighted by atomic mass is 10.1. The van der Waals surface area contributed by atoms with Gasteiger partial charge in [-0.15, -0.1) is 0 Å². The molecule has 0 aliphatic heterocycles. The second-order valence-corrected chi connectivity index (χ2v) is 4.46. The third kappa shape index (κ3) is 2.57. The smallest absolute Gasteiger partial charge is 0.340 e. The Bertz CT molecular complexity index is 604. The van der Waals surface area contributed by atoms with Crippen LogP contribution in [0.15, 0.2) is 24.5 Å². The van der Waals surface area contributed by atoms with Crippen molar-refractivity contribution in [3.05, 3.63) is 35.8 Å². The summed E-state index contributed by atoms with van der Waals surface area (Å²) < 4.78 is 6.29. The van der Waals surface area contributed by atoms with E-state index in [2.05, 4.69) is 28.7 Å². The molecule has 0 amide bonds. The van der Waals surface area contributed by atoms with E-state index in [1.54, 1.807) is 16.9 Å². The third-order valence-electron chi connectivity index (χ3n) is 2.76. The zero-order valence-electron chi connectivity index (χ0n) is 11.1. The molecule has 0 aliphatic rings. The molecule has 0 atom stereocenters. The monoisotopic (exact) mass is 260 g/mol. The minimum absolute atomic E-state index is 0.284. The number of ether oxygens (including phenoxy) is 1. The van der Waals surface area contributed by atoms with Crippen molar-refractivity contribution < 1.29 is 9.53 Å². The van der Waals surface area contributed by atoms with Crippen LogP contribution >= 0.6 is 0 Å². The van der Waals surface area contributed by atoms with E-state index in [1.165, 1.54) is 13.3 Å². The van der Waals surface area contributed by atoms with E-state index in [1.807, 2.05) is 6.07 Å². The first-order chi connectivity index (χ1) is 9.02. The molecule has 2 N–H and O–H groups in total. The minimum Gasteiger partial charge on any atom is -0.465 e. The van der Waals surface area contributed by atoms with Gasteiger partial charge in [0.25, 0.3) is 0 Å². The van der Waals surface area contributed by atoms with Crippen LogP contribution in [0.4, 0.5) is 5.69 Å². The SMILES string of the molecule is COC(=O)c1cc(-n2ccc(C(C)C)n2)ncc1N. The van der Waals surface area contributed by atoms with E-state index in [0.717, 1.165) is 5.69 Å². The zero-order valence-corrected chi connectivity index (χ0v) is 11.1. The highest BCUT2D eigenvalue weighted by Crippen LogP contribution is 2.17. The fourth-order valence-electron chi connectivity index (χ4n) is 1.64. The number of carbonyl (C=O) groups is 1. The van der Waals surface area contributed by atoms with Crippen LogP contribution in [-0.2, 0) is 4.74 Å². The van der Waals surface area contributed by atoms with Crippen molar-refractivity contribution in [2.45, 2.75) is 19.8 Å². The fraction of sp³-hybridized carbons (Fsp3) is 0.308. The van der Waals surface area contributed by atoms with Gasteiger partial charge in [0.15, 0.2) is 5.82 Å². The highest BCUT2D eigenvalue weighted by Gasteiger charge is 2.13. The Morgan fingerprint density at radius 3 is 2.79 bits per heavy atom. The van der Waals surface area contributed by atoms with Gasteiger partial charge in [-0.25, -0.2) is 14.5 Å². The summed E-state index contributed by atoms with van der Waals surface area (Å²) in [6.45, 7) is 4.12. The van der Waals surface area contributed by atoms with Crippen molar-refractivity contribution >= 4 is 11.7 Å². The summed E-state index contributed by atoms with van der Waals surface area (Å²) in [5.41, 5.74) is 7.23. The molecular weight excluding hydrogens is 244 g/mol. The number of nitrogens with two attached hydrogens (primary N) is 1. The Balaban J connectivity index is 2.42. The first kappa shape index (κ1) is 13.1. The van der Waals surface area contributed by atoms with Gasteiger partial charge in [-0.05, 0) is 18.1 Å². The number of esters is 1. The summed E-state index contributed by atoms with van der Waals surface area (Å²) in [6.07, 6.45) is 3.23. The van der Waals surface area contributed by atoms with Gasteiger partial charge in [0, 0.05) is 6.20 Å². The van der Waals surface area contributed by atoms with E-state index >= 15 is 0 Å². The maximum absolute atomic E-state index is 11.6. The Morgan fingerprint density at radius 2 is 2.21 bits per heavy atom. The zero-order chi connectivity index (χ0) is 14.0. The number of nitrogens with zero attached hydrogens (tertiary/aromatic N) is 3. The van der Waals surface area contributed by atoms with Gasteiger partial charge in [-0.1, -0.05) is 13.8 Å². The maximum Gasteiger partial charge on any atom is 0.340 e. The molecule has 0 spiro atoms. The maximum atomic E-state index is 11.6. The average Bonchev–Trinajstić information content (AvgIpc) is 2.88. The lowest BCUT2D eigenvalue weighted by Crippen LogP contribution is -2.09. The van der Waals surface area contributed by atoms with E-state index < -0.39 is 5.97 Å². The van der Waals surface area contributed by atoms with Gasteiger partial charge in [0.05, 0.1) is 30.3 Å². The van der Waals surface area contributed by atoms with Crippen LogP contribution in [0.3, 0.4) is 0 Å². The number of hydrogen-bond acceptors (Lipinski definition) is 5. The molecule has 0 aliphatic carbocycles. The standard InChI is InChI=1S/C13H16N4O2/c1-8(2)11-4-5-17(16-11)12-6-9(13(18)19-3)10(14)7-15-12/h4-8H,14H2,1-3H3. The van der Waals surface area contributed by atoms with Crippen LogP contribution in [0.25, 0.3) is 5.82 Å². The lowest BCUT2D eigenvalue weighted by Gasteiger charge is -2.06. The van der Waals surface area contributed by atoms with Crippen LogP contribution in [0, 0.1) is 0 Å². The Hall–Kier alpha value is -2.37. The van der Waals surface area contributed by atoms with Gasteiger partial charge in [0.2, 0.25) is 0 Å². The average molecular weight is 260 g/mol. The molecule has 100 valence electrons. The van der Waals surface area contributed by atoms with Crippen molar-refractivity contribution in [1.29, 1.82) is 0 Å². The summed E-state index contributed by atoms with van der Waals surface area (Å²) in [4.78, 5) is 15.7. The second-order valence-electron chi connectivity index (χ2n) is 4.46. The molecular formula is C13H16N4O2. The van der Waals surface area contributed by atoms with Gasteiger partial charge in [0.1, 0.15) is 0 Å². The largest absolute Gasteiger partial charge is 0.465 e. The molecule has 2 aromatic rings. The van der Waals surface area contributed by atoms with E-state index in [-0.39, 0.29) is 11.3 Å². The molecule has 6 heteroatoms. The predicted octanol–water partition coefficient (Wildman–Crippen LogP) is 1.76. The van der Waals surface area contributed by atoms with Crippen LogP contribution in [-0.4, -0.2) is 27.8 Å². The highest BCUT2D eigenvalue weighted by atomic mass is 16.5. The first-order valence-corrected chi connectivity index (χ1v) is 5.92. The van der Waals surface area contributed by atoms with Crippen LogP contribution in [0.2, 0.25) is 0 Å². The Kier molecular flexibility index (Phi) is 3.50. The van der Waals surface area contributed by atoms with Gasteiger partial charge < -0.3 is 10.5 Å². The number of rotatable bonds is 3. The summed E-state index contributed by atoms with van der Waals surface area (Å²) in [7, 11) is 1.31. The lowest BCUT2D eigenvalue weighted by molar-refractivity contribution is 0.0602. The quantitative estimate of drug-likeness (QED) is 0.850. The molecule has 2 rings (SSSR count). The number of methoxy groups -OCH3 is 1. The van der Waals surface area contributed by atoms with Gasteiger partial charge in [-0.2, -0.15) is 5.10 Å². The van der Waals surface area contributed by atoms with E-state index in [4.69, 9.17) is 5.73 Å². The molecule has 0 unspecified atom stereocenters. The summed E-state index contributed by atoms with van der Waals surface area (Å²) >= 11 is 0. The minimum atomic E-state index is -0.489. The van der Waals surface area contributed by atoms with Crippen LogP contribution in [0.1, 0.15) is 35.8 Å². The summed E-state index contributed by atoms with van der Waals surface area (Å²) in [6, 6.07) is 3.48. The van der Waals surface area contributed by atoms with Gasteiger partial charge in [-0.3, -0.25) is 0 Å². The van der Waals surface area contributed by atoms with Crippen molar-refractivity contribution in [3.63, 3.8) is 0 Å². The number of hydrogen-bond donors (Lipinski definition) is 1. The number of aromatic nitrogens is 3. The topological polar surface area (TPSA) is 83.0 Å². The number of carbonyl (C=O) groups excluding carboxylic acids is 1. The Labute approximate surface area is 111 Å². The van der Waals surface area contributed by atoms with Crippen molar-refractivity contribution in [3.8, 4) is 5.82 Å². The second kappa shape index (κ2) is 5.09. The number of pyridine rings is 1. The van der Waals surface area contributed by atoms with E-state index in [9.17, 15) is 4.79 Å². The molecule has 0 radical (unpaired) electrons. The van der Waals surface area contributed by atoms with Crippen LogP contribution in [0.5, 0.6) is 0 Å². The van der Waals surface area contributed by atoms with Crippen molar-refractivity contribution in [2.75, 3.05) is 12.8 Å². The molecule has 2 heterocycles. The molecule has 0 bridgehead atoms. The van der Waals surface area contributed by atoms with Crippen LogP contribution < -0.4 is 5.73 Å². The summed E-state index contributed by atoms with van der Waals surface area (Å²) in [5, 5.41) is 4.40. The predicted molar refractivity (Wildman–Crippen MR) is 71.2 cm³/mol. The molecule has 19 heavy (non-hydrogen) atoms. The number of anilines is 1. The molecule has 0 aromatic carbocycles. The van der Waals surface area contributed by atoms with Crippen molar-refractivity contribution in [2.24, 2.45) is 0 Å². The molecule has 0 fully saturated rings. The molecule has 6 nitrogen and oxygen atoms in total. The molecule has 2 aromatic heterocycles. The molecule has 0 saturated carbocycles. The Morgan fingerprint density at radius 1 is 1.47 bits per heavy atom. The van der Waals surface area contributed by atoms with E-state index in [0.29, 0.717) is 11.7 Å². The number of nitrogen functional groups attached to an aromatic ring is 1. The molecule has 0 saturated heterocycles. The summed E-state index contributed by atoms with van der Waals surface area (Å²) in [5.74, 6) is 0.369. The normalized spacial score (nSPS) is 10.7. The fourth-order valence-corrected chi connectivity index (χ4v) is 1.64.